The lowest BCUT2D eigenvalue weighted by Gasteiger charge is -2.20. The van der Waals surface area contributed by atoms with E-state index in [4.69, 9.17) is 4.74 Å². The second-order valence-corrected chi connectivity index (χ2v) is 5.62. The second-order valence-electron chi connectivity index (χ2n) is 4.06. The topological polar surface area (TPSA) is 12.5 Å². The molecule has 0 N–H and O–H groups in total. The molecule has 1 fully saturated rings. The van der Waals surface area contributed by atoms with Crippen LogP contribution in [0.3, 0.4) is 0 Å². The lowest BCUT2D eigenvalue weighted by Crippen LogP contribution is -2.27. The molecule has 2 nitrogen and oxygen atoms in total. The minimum absolute atomic E-state index is 0.634. The van der Waals surface area contributed by atoms with E-state index < -0.39 is 0 Å². The molecule has 13 heavy (non-hydrogen) atoms. The molecule has 1 aliphatic rings. The molecular formula is C10H20BrNO. The zero-order valence-electron chi connectivity index (χ0n) is 8.63. The first kappa shape index (κ1) is 11.5. The highest BCUT2D eigenvalue weighted by atomic mass is 79.9. The quantitative estimate of drug-likeness (QED) is 0.693. The summed E-state index contributed by atoms with van der Waals surface area (Å²) in [5.41, 5.74) is 0. The highest BCUT2D eigenvalue weighted by molar-refractivity contribution is 9.09. The largest absolute Gasteiger partial charge is 0.381 e. The number of hydrogen-bond donors (Lipinski definition) is 0. The molecule has 0 amide bonds. The maximum atomic E-state index is 5.35. The molecule has 0 bridgehead atoms. The van der Waals surface area contributed by atoms with Gasteiger partial charge in [-0.15, -0.1) is 0 Å². The van der Waals surface area contributed by atoms with Crippen molar-refractivity contribution in [1.29, 1.82) is 0 Å². The van der Waals surface area contributed by atoms with Gasteiger partial charge in [-0.25, -0.2) is 0 Å². The van der Waals surface area contributed by atoms with Crippen molar-refractivity contribution in [1.82, 2.24) is 4.90 Å². The zero-order chi connectivity index (χ0) is 9.68. The molecule has 0 aromatic rings. The number of rotatable bonds is 5. The van der Waals surface area contributed by atoms with Crippen molar-refractivity contribution in [3.05, 3.63) is 0 Å². The van der Waals surface area contributed by atoms with Crippen LogP contribution in [-0.4, -0.2) is 43.1 Å². The standard InChI is InChI=1S/C10H20BrNO/c1-9(11)3-5-12(2)7-10-4-6-13-8-10/h9-10H,3-8H2,1-2H3. The van der Waals surface area contributed by atoms with E-state index in [0.29, 0.717) is 4.83 Å². The van der Waals surface area contributed by atoms with Gasteiger partial charge in [0.25, 0.3) is 0 Å². The van der Waals surface area contributed by atoms with Gasteiger partial charge in [-0.05, 0) is 32.4 Å². The van der Waals surface area contributed by atoms with Gasteiger partial charge >= 0.3 is 0 Å². The van der Waals surface area contributed by atoms with E-state index in [1.807, 2.05) is 0 Å². The summed E-state index contributed by atoms with van der Waals surface area (Å²) in [6.45, 7) is 6.51. The Kier molecular flexibility index (Phi) is 5.29. The summed E-state index contributed by atoms with van der Waals surface area (Å²) < 4.78 is 5.35. The summed E-state index contributed by atoms with van der Waals surface area (Å²) in [5, 5.41) is 0. The average Bonchev–Trinajstić information content (AvgIpc) is 2.53. The van der Waals surface area contributed by atoms with Crippen molar-refractivity contribution in [3.63, 3.8) is 0 Å². The lowest BCUT2D eigenvalue weighted by molar-refractivity contribution is 0.174. The first-order valence-electron chi connectivity index (χ1n) is 5.09. The second kappa shape index (κ2) is 5.99. The van der Waals surface area contributed by atoms with E-state index in [1.54, 1.807) is 0 Å². The summed E-state index contributed by atoms with van der Waals surface area (Å²) in [7, 11) is 2.20. The lowest BCUT2D eigenvalue weighted by atomic mass is 10.1. The number of halogens is 1. The Morgan fingerprint density at radius 1 is 1.62 bits per heavy atom. The molecule has 0 spiro atoms. The van der Waals surface area contributed by atoms with Crippen LogP contribution in [0.4, 0.5) is 0 Å². The van der Waals surface area contributed by atoms with Crippen molar-refractivity contribution in [2.45, 2.75) is 24.6 Å². The molecule has 1 heterocycles. The molecule has 0 saturated carbocycles. The molecule has 0 aromatic carbocycles. The van der Waals surface area contributed by atoms with Crippen LogP contribution in [0.25, 0.3) is 0 Å². The number of nitrogens with zero attached hydrogens (tertiary/aromatic N) is 1. The van der Waals surface area contributed by atoms with Crippen LogP contribution in [0.15, 0.2) is 0 Å². The fourth-order valence-corrected chi connectivity index (χ4v) is 1.86. The van der Waals surface area contributed by atoms with Crippen LogP contribution < -0.4 is 0 Å². The highest BCUT2D eigenvalue weighted by Crippen LogP contribution is 2.13. The number of alkyl halides is 1. The van der Waals surface area contributed by atoms with Gasteiger partial charge in [-0.1, -0.05) is 22.9 Å². The molecule has 3 heteroatoms. The predicted molar refractivity (Wildman–Crippen MR) is 59.4 cm³/mol. The fraction of sp³-hybridized carbons (Fsp3) is 1.00. The third-order valence-corrected chi connectivity index (χ3v) is 2.96. The first-order chi connectivity index (χ1) is 6.18. The Labute approximate surface area is 89.8 Å². The maximum absolute atomic E-state index is 5.35. The third kappa shape index (κ3) is 4.99. The van der Waals surface area contributed by atoms with Gasteiger partial charge in [0.15, 0.2) is 0 Å². The molecule has 0 aromatic heterocycles. The van der Waals surface area contributed by atoms with E-state index in [-0.39, 0.29) is 0 Å². The minimum Gasteiger partial charge on any atom is -0.381 e. The Bertz CT molecular complexity index is 135. The highest BCUT2D eigenvalue weighted by Gasteiger charge is 2.17. The SMILES string of the molecule is CC(Br)CCN(C)CC1CCOC1. The third-order valence-electron chi connectivity index (χ3n) is 2.50. The van der Waals surface area contributed by atoms with Gasteiger partial charge in [-0.2, -0.15) is 0 Å². The van der Waals surface area contributed by atoms with Gasteiger partial charge < -0.3 is 9.64 Å². The van der Waals surface area contributed by atoms with Crippen LogP contribution in [0.5, 0.6) is 0 Å². The van der Waals surface area contributed by atoms with Crippen LogP contribution in [0.1, 0.15) is 19.8 Å². The van der Waals surface area contributed by atoms with Gasteiger partial charge in [0.2, 0.25) is 0 Å². The zero-order valence-corrected chi connectivity index (χ0v) is 10.2. The maximum Gasteiger partial charge on any atom is 0.0507 e. The molecule has 2 unspecified atom stereocenters. The summed E-state index contributed by atoms with van der Waals surface area (Å²) in [6, 6.07) is 0. The molecule has 1 saturated heterocycles. The smallest absolute Gasteiger partial charge is 0.0507 e. The van der Waals surface area contributed by atoms with E-state index >= 15 is 0 Å². The van der Waals surface area contributed by atoms with E-state index in [0.717, 1.165) is 19.1 Å². The van der Waals surface area contributed by atoms with Crippen molar-refractivity contribution in [2.24, 2.45) is 5.92 Å². The minimum atomic E-state index is 0.634. The van der Waals surface area contributed by atoms with Gasteiger partial charge in [-0.3, -0.25) is 0 Å². The molecular weight excluding hydrogens is 230 g/mol. The fourth-order valence-electron chi connectivity index (χ4n) is 1.66. The monoisotopic (exact) mass is 249 g/mol. The Hall–Kier alpha value is 0.400. The van der Waals surface area contributed by atoms with Crippen molar-refractivity contribution in [2.75, 3.05) is 33.4 Å². The predicted octanol–water partition coefficient (Wildman–Crippen LogP) is 2.13. The number of hydrogen-bond acceptors (Lipinski definition) is 2. The van der Waals surface area contributed by atoms with Gasteiger partial charge in [0, 0.05) is 18.0 Å². The molecule has 0 radical (unpaired) electrons. The summed E-state index contributed by atoms with van der Waals surface area (Å²) in [5.74, 6) is 0.774. The Balaban J connectivity index is 2.05. The average molecular weight is 250 g/mol. The van der Waals surface area contributed by atoms with Crippen LogP contribution in [-0.2, 0) is 4.74 Å². The molecule has 1 rings (SSSR count). The normalized spacial score (nSPS) is 25.4. The van der Waals surface area contributed by atoms with Crippen molar-refractivity contribution < 1.29 is 4.74 Å². The van der Waals surface area contributed by atoms with Crippen molar-refractivity contribution in [3.8, 4) is 0 Å². The van der Waals surface area contributed by atoms with E-state index in [2.05, 4.69) is 34.8 Å². The molecule has 1 aliphatic heterocycles. The van der Waals surface area contributed by atoms with E-state index in [9.17, 15) is 0 Å². The van der Waals surface area contributed by atoms with Crippen LogP contribution in [0, 0.1) is 5.92 Å². The van der Waals surface area contributed by atoms with Gasteiger partial charge in [0.05, 0.1) is 6.61 Å². The van der Waals surface area contributed by atoms with E-state index in [1.165, 1.54) is 25.9 Å². The molecule has 78 valence electrons. The van der Waals surface area contributed by atoms with Crippen LogP contribution >= 0.6 is 15.9 Å². The summed E-state index contributed by atoms with van der Waals surface area (Å²) in [6.07, 6.45) is 2.47. The van der Waals surface area contributed by atoms with Crippen LogP contribution in [0.2, 0.25) is 0 Å². The summed E-state index contributed by atoms with van der Waals surface area (Å²) >= 11 is 3.56. The Morgan fingerprint density at radius 2 is 2.38 bits per heavy atom. The van der Waals surface area contributed by atoms with Crippen molar-refractivity contribution >= 4 is 15.9 Å². The van der Waals surface area contributed by atoms with Gasteiger partial charge in [0.1, 0.15) is 0 Å². The molecule has 2 atom stereocenters. The Morgan fingerprint density at radius 3 is 2.92 bits per heavy atom. The first-order valence-corrected chi connectivity index (χ1v) is 6.00. The molecule has 0 aliphatic carbocycles. The number of ether oxygens (including phenoxy) is 1. The summed E-state index contributed by atoms with van der Waals surface area (Å²) in [4.78, 5) is 3.05.